The maximum absolute atomic E-state index is 14.2. The van der Waals surface area contributed by atoms with Crippen LogP contribution in [0.4, 0.5) is 13.2 Å². The zero-order valence-corrected chi connectivity index (χ0v) is 24.1. The Bertz CT molecular complexity index is 1670. The van der Waals surface area contributed by atoms with Crippen molar-refractivity contribution in [3.63, 3.8) is 0 Å². The quantitative estimate of drug-likeness (QED) is 0.215. The molecule has 2 nitrogen and oxygen atoms in total. The summed E-state index contributed by atoms with van der Waals surface area (Å²) < 4.78 is 44.0. The summed E-state index contributed by atoms with van der Waals surface area (Å²) in [6.45, 7) is 15.3. The summed E-state index contributed by atoms with van der Waals surface area (Å²) in [5, 5.41) is 3.06. The fraction of sp³-hybridized carbons (Fsp3) is 0.333. The van der Waals surface area contributed by atoms with E-state index in [1.165, 1.54) is 16.5 Å². The Labute approximate surface area is 220 Å². The third-order valence-corrected chi connectivity index (χ3v) is 9.77. The standard InChI is InChI=1S/C30H31F3N2SSi/c1-17-8-10-19-13-20(14-24(26(19)35-17)37(5,6)7)27-28-25(22(16-34-27)30(31,32)33)21-11-9-18(12-23(21)36-28)15-29(2,3)4/h8-14,16H,15H2,1-7H3. The van der Waals surface area contributed by atoms with Gasteiger partial charge in [-0.15, -0.1) is 11.3 Å². The average molecular weight is 537 g/mol. The highest BCUT2D eigenvalue weighted by molar-refractivity contribution is 7.26. The van der Waals surface area contributed by atoms with Crippen molar-refractivity contribution in [2.75, 3.05) is 0 Å². The third-order valence-electron chi connectivity index (χ3n) is 6.61. The molecule has 3 aromatic heterocycles. The molecule has 0 aliphatic heterocycles. The molecule has 0 saturated carbocycles. The largest absolute Gasteiger partial charge is 0.418 e. The predicted octanol–water partition coefficient (Wildman–Crippen LogP) is 9.13. The Morgan fingerprint density at radius 2 is 1.68 bits per heavy atom. The number of aromatic nitrogens is 2. The van der Waals surface area contributed by atoms with Crippen molar-refractivity contribution < 1.29 is 13.2 Å². The van der Waals surface area contributed by atoms with E-state index in [0.717, 1.165) is 45.0 Å². The molecule has 192 valence electrons. The van der Waals surface area contributed by atoms with E-state index in [-0.39, 0.29) is 10.8 Å². The van der Waals surface area contributed by atoms with Gasteiger partial charge in [0.15, 0.2) is 0 Å². The van der Waals surface area contributed by atoms with Crippen LogP contribution in [0.25, 0.3) is 42.3 Å². The molecule has 0 radical (unpaired) electrons. The summed E-state index contributed by atoms with van der Waals surface area (Å²) in [6, 6.07) is 14.0. The monoisotopic (exact) mass is 536 g/mol. The van der Waals surface area contributed by atoms with E-state index in [1.54, 1.807) is 0 Å². The molecular weight excluding hydrogens is 505 g/mol. The number of pyridine rings is 2. The van der Waals surface area contributed by atoms with Gasteiger partial charge in [0.2, 0.25) is 0 Å². The van der Waals surface area contributed by atoms with Gasteiger partial charge in [0.05, 0.1) is 29.5 Å². The summed E-state index contributed by atoms with van der Waals surface area (Å²) in [5.41, 5.74) is 3.91. The first-order valence-electron chi connectivity index (χ1n) is 12.5. The summed E-state index contributed by atoms with van der Waals surface area (Å²) in [4.78, 5) is 9.28. The van der Waals surface area contributed by atoms with E-state index in [0.29, 0.717) is 15.8 Å². The second-order valence-electron chi connectivity index (χ2n) is 12.2. The third kappa shape index (κ3) is 4.91. The normalized spacial score (nSPS) is 13.2. The van der Waals surface area contributed by atoms with Crippen LogP contribution in [-0.4, -0.2) is 18.0 Å². The first-order chi connectivity index (χ1) is 17.1. The van der Waals surface area contributed by atoms with E-state index < -0.39 is 19.8 Å². The number of halogens is 3. The zero-order valence-electron chi connectivity index (χ0n) is 22.3. The van der Waals surface area contributed by atoms with Crippen molar-refractivity contribution in [1.29, 1.82) is 0 Å². The first kappa shape index (κ1) is 25.9. The molecular formula is C30H31F3N2SSi. The molecule has 0 N–H and O–H groups in total. The topological polar surface area (TPSA) is 25.8 Å². The molecule has 0 aliphatic rings. The maximum atomic E-state index is 14.2. The zero-order chi connectivity index (χ0) is 26.9. The second-order valence-corrected chi connectivity index (χ2v) is 18.3. The van der Waals surface area contributed by atoms with E-state index in [9.17, 15) is 13.2 Å². The first-order valence-corrected chi connectivity index (χ1v) is 16.8. The van der Waals surface area contributed by atoms with Crippen molar-refractivity contribution >= 4 is 55.7 Å². The average Bonchev–Trinajstić information content (AvgIpc) is 3.13. The highest BCUT2D eigenvalue weighted by atomic mass is 32.1. The number of nitrogens with zero attached hydrogens (tertiary/aromatic N) is 2. The predicted molar refractivity (Wildman–Crippen MR) is 154 cm³/mol. The number of fused-ring (bicyclic) bond motifs is 4. The van der Waals surface area contributed by atoms with Crippen LogP contribution in [0.3, 0.4) is 0 Å². The Morgan fingerprint density at radius 3 is 2.32 bits per heavy atom. The summed E-state index contributed by atoms with van der Waals surface area (Å²) >= 11 is 1.41. The molecule has 0 spiro atoms. The lowest BCUT2D eigenvalue weighted by atomic mass is 9.88. The van der Waals surface area contributed by atoms with Gasteiger partial charge in [0, 0.05) is 38.3 Å². The lowest BCUT2D eigenvalue weighted by Crippen LogP contribution is -2.38. The van der Waals surface area contributed by atoms with Gasteiger partial charge in [0.25, 0.3) is 0 Å². The smallest absolute Gasteiger partial charge is 0.254 e. The van der Waals surface area contributed by atoms with Gasteiger partial charge in [-0.25, -0.2) is 0 Å². The minimum Gasteiger partial charge on any atom is -0.254 e. The molecule has 5 rings (SSSR count). The Hall–Kier alpha value is -2.77. The molecule has 0 unspecified atom stereocenters. The lowest BCUT2D eigenvalue weighted by molar-refractivity contribution is -0.136. The number of hydrogen-bond acceptors (Lipinski definition) is 3. The van der Waals surface area contributed by atoms with Crippen LogP contribution in [-0.2, 0) is 12.6 Å². The number of alkyl halides is 3. The van der Waals surface area contributed by atoms with Crippen LogP contribution in [0.1, 0.15) is 37.6 Å². The van der Waals surface area contributed by atoms with Gasteiger partial charge in [-0.1, -0.05) is 64.7 Å². The molecule has 0 saturated heterocycles. The van der Waals surface area contributed by atoms with Gasteiger partial charge >= 0.3 is 6.18 Å². The van der Waals surface area contributed by atoms with Crippen LogP contribution in [0.15, 0.2) is 48.7 Å². The molecule has 3 heterocycles. The highest BCUT2D eigenvalue weighted by Gasteiger charge is 2.35. The van der Waals surface area contributed by atoms with Gasteiger partial charge in [-0.2, -0.15) is 13.2 Å². The van der Waals surface area contributed by atoms with Crippen LogP contribution in [0.2, 0.25) is 19.6 Å². The SMILES string of the molecule is Cc1ccc2cc(-c3ncc(C(F)(F)F)c4c3sc3cc(CC(C)(C)C)ccc34)cc([Si](C)(C)C)c2n1. The highest BCUT2D eigenvalue weighted by Crippen LogP contribution is 2.46. The van der Waals surface area contributed by atoms with E-state index in [4.69, 9.17) is 4.98 Å². The fourth-order valence-electron chi connectivity index (χ4n) is 5.01. The van der Waals surface area contributed by atoms with E-state index in [2.05, 4.69) is 63.6 Å². The molecule has 0 bridgehead atoms. The van der Waals surface area contributed by atoms with Crippen molar-refractivity contribution in [2.45, 2.75) is 59.9 Å². The lowest BCUT2D eigenvalue weighted by Gasteiger charge is -2.20. The number of benzene rings is 2. The van der Waals surface area contributed by atoms with Crippen LogP contribution in [0, 0.1) is 12.3 Å². The van der Waals surface area contributed by atoms with Crippen molar-refractivity contribution in [3.05, 3.63) is 65.5 Å². The van der Waals surface area contributed by atoms with Crippen molar-refractivity contribution in [2.24, 2.45) is 5.41 Å². The van der Waals surface area contributed by atoms with Gasteiger partial charge in [-0.05, 0) is 47.7 Å². The molecule has 0 aliphatic carbocycles. The van der Waals surface area contributed by atoms with Crippen LogP contribution < -0.4 is 5.19 Å². The summed E-state index contributed by atoms with van der Waals surface area (Å²) in [6.07, 6.45) is -2.63. The molecule has 5 aromatic rings. The summed E-state index contributed by atoms with van der Waals surface area (Å²) in [5.74, 6) is 0. The molecule has 0 amide bonds. The molecule has 7 heteroatoms. The number of hydrogen-bond donors (Lipinski definition) is 0. The Balaban J connectivity index is 1.84. The van der Waals surface area contributed by atoms with Gasteiger partial charge in [-0.3, -0.25) is 9.97 Å². The molecule has 0 atom stereocenters. The van der Waals surface area contributed by atoms with E-state index in [1.807, 2.05) is 31.2 Å². The van der Waals surface area contributed by atoms with E-state index >= 15 is 0 Å². The molecule has 0 fully saturated rings. The van der Waals surface area contributed by atoms with Gasteiger partial charge in [0.1, 0.15) is 0 Å². The minimum absolute atomic E-state index is 0.0823. The second kappa shape index (κ2) is 8.63. The Kier molecular flexibility index (Phi) is 6.03. The molecule has 2 aromatic carbocycles. The maximum Gasteiger partial charge on any atom is 0.418 e. The van der Waals surface area contributed by atoms with Crippen molar-refractivity contribution in [3.8, 4) is 11.3 Å². The number of aryl methyl sites for hydroxylation is 1. The van der Waals surface area contributed by atoms with Crippen molar-refractivity contribution in [1.82, 2.24) is 9.97 Å². The van der Waals surface area contributed by atoms with Crippen LogP contribution in [0.5, 0.6) is 0 Å². The summed E-state index contributed by atoms with van der Waals surface area (Å²) in [7, 11) is -1.82. The van der Waals surface area contributed by atoms with Gasteiger partial charge < -0.3 is 0 Å². The minimum atomic E-state index is -4.49. The fourth-order valence-corrected chi connectivity index (χ4v) is 7.81. The van der Waals surface area contributed by atoms with Crippen LogP contribution >= 0.6 is 11.3 Å². The number of rotatable bonds is 3. The molecule has 37 heavy (non-hydrogen) atoms. The number of thiophene rings is 1. The Morgan fingerprint density at radius 1 is 0.946 bits per heavy atom.